The summed E-state index contributed by atoms with van der Waals surface area (Å²) >= 11 is 0. The van der Waals surface area contributed by atoms with Crippen molar-refractivity contribution in [1.82, 2.24) is 24.5 Å². The molecule has 6 heteroatoms. The number of fused-ring (bicyclic) bond motifs is 1. The summed E-state index contributed by atoms with van der Waals surface area (Å²) in [4.78, 5) is 12.7. The second kappa shape index (κ2) is 7.55. The molecule has 0 unspecified atom stereocenters. The van der Waals surface area contributed by atoms with Crippen molar-refractivity contribution in [3.8, 4) is 0 Å². The Kier molecular flexibility index (Phi) is 4.97. The van der Waals surface area contributed by atoms with Gasteiger partial charge in [0.25, 0.3) is 5.91 Å². The maximum atomic E-state index is 12.7. The van der Waals surface area contributed by atoms with Crippen molar-refractivity contribution < 1.29 is 4.79 Å². The van der Waals surface area contributed by atoms with Gasteiger partial charge in [-0.15, -0.1) is 10.2 Å². The van der Waals surface area contributed by atoms with E-state index in [2.05, 4.69) is 33.9 Å². The number of carbonyl (C=O) groups excluding carboxylic acids is 1. The monoisotopic (exact) mass is 365 g/mol. The third-order valence-corrected chi connectivity index (χ3v) is 5.69. The summed E-state index contributed by atoms with van der Waals surface area (Å²) in [6.45, 7) is 4.73. The molecule has 6 nitrogen and oxygen atoms in total. The van der Waals surface area contributed by atoms with Crippen molar-refractivity contribution in [2.24, 2.45) is 0 Å². The molecule has 0 aliphatic heterocycles. The lowest BCUT2D eigenvalue weighted by Gasteiger charge is -2.26. The van der Waals surface area contributed by atoms with Gasteiger partial charge in [0.05, 0.1) is 5.56 Å². The predicted molar refractivity (Wildman–Crippen MR) is 105 cm³/mol. The first-order valence-electron chi connectivity index (χ1n) is 9.90. The average molecular weight is 365 g/mol. The number of nitrogens with one attached hydrogen (secondary N) is 1. The number of rotatable bonds is 5. The van der Waals surface area contributed by atoms with Gasteiger partial charge in [0.1, 0.15) is 5.82 Å². The molecule has 1 aliphatic rings. The standard InChI is InChI=1S/C21H27N5O/c1-15-14-18(16(2)26(15)17-8-4-3-5-9-17)21(27)22-12-11-20-24-23-19-10-6-7-13-25(19)20/h6-7,10,13-14,17H,3-5,8-9,11-12H2,1-2H3,(H,22,27). The molecular formula is C21H27N5O. The van der Waals surface area contributed by atoms with Crippen LogP contribution in [0.25, 0.3) is 5.65 Å². The van der Waals surface area contributed by atoms with E-state index in [-0.39, 0.29) is 5.91 Å². The lowest BCUT2D eigenvalue weighted by Crippen LogP contribution is -2.27. The molecule has 1 fully saturated rings. The molecule has 0 saturated heterocycles. The molecule has 3 aromatic rings. The molecule has 27 heavy (non-hydrogen) atoms. The lowest BCUT2D eigenvalue weighted by molar-refractivity contribution is 0.0953. The van der Waals surface area contributed by atoms with E-state index in [0.29, 0.717) is 19.0 Å². The SMILES string of the molecule is Cc1cc(C(=O)NCCc2nnc3ccccn23)c(C)n1C1CCCCC1. The molecular weight excluding hydrogens is 338 g/mol. The first kappa shape index (κ1) is 17.8. The van der Waals surface area contributed by atoms with Gasteiger partial charge in [-0.05, 0) is 44.9 Å². The minimum absolute atomic E-state index is 0.000944. The van der Waals surface area contributed by atoms with E-state index in [9.17, 15) is 4.79 Å². The van der Waals surface area contributed by atoms with E-state index in [4.69, 9.17) is 0 Å². The highest BCUT2D eigenvalue weighted by Gasteiger charge is 2.22. The van der Waals surface area contributed by atoms with Crippen molar-refractivity contribution in [3.63, 3.8) is 0 Å². The molecule has 0 radical (unpaired) electrons. The van der Waals surface area contributed by atoms with Crippen LogP contribution < -0.4 is 5.32 Å². The molecule has 1 aliphatic carbocycles. The van der Waals surface area contributed by atoms with Gasteiger partial charge in [-0.3, -0.25) is 9.20 Å². The fourth-order valence-corrected chi connectivity index (χ4v) is 4.35. The van der Waals surface area contributed by atoms with Gasteiger partial charge in [0.15, 0.2) is 5.65 Å². The number of amides is 1. The summed E-state index contributed by atoms with van der Waals surface area (Å²) in [6.07, 6.45) is 8.95. The van der Waals surface area contributed by atoms with Crippen molar-refractivity contribution in [2.75, 3.05) is 6.54 Å². The lowest BCUT2D eigenvalue weighted by atomic mass is 9.95. The molecule has 3 heterocycles. The van der Waals surface area contributed by atoms with Crippen LogP contribution in [-0.2, 0) is 6.42 Å². The summed E-state index contributed by atoms with van der Waals surface area (Å²) in [6, 6.07) is 8.40. The van der Waals surface area contributed by atoms with Crippen molar-refractivity contribution in [3.05, 3.63) is 53.2 Å². The number of aryl methyl sites for hydroxylation is 1. The maximum Gasteiger partial charge on any atom is 0.253 e. The summed E-state index contributed by atoms with van der Waals surface area (Å²) in [5.74, 6) is 0.859. The Morgan fingerprint density at radius 2 is 2.00 bits per heavy atom. The number of carbonyl (C=O) groups is 1. The largest absolute Gasteiger partial charge is 0.352 e. The van der Waals surface area contributed by atoms with Gasteiger partial charge in [-0.2, -0.15) is 0 Å². The van der Waals surface area contributed by atoms with Crippen LogP contribution in [0.2, 0.25) is 0 Å². The number of hydrogen-bond donors (Lipinski definition) is 1. The van der Waals surface area contributed by atoms with E-state index >= 15 is 0 Å². The van der Waals surface area contributed by atoms with Crippen LogP contribution in [0.5, 0.6) is 0 Å². The fraction of sp³-hybridized carbons (Fsp3) is 0.476. The molecule has 3 aromatic heterocycles. The van der Waals surface area contributed by atoms with Gasteiger partial charge < -0.3 is 9.88 Å². The van der Waals surface area contributed by atoms with Crippen LogP contribution >= 0.6 is 0 Å². The highest BCUT2D eigenvalue weighted by Crippen LogP contribution is 2.32. The summed E-state index contributed by atoms with van der Waals surface area (Å²) in [7, 11) is 0. The zero-order valence-electron chi connectivity index (χ0n) is 16.1. The number of nitrogens with zero attached hydrogens (tertiary/aromatic N) is 4. The first-order valence-corrected chi connectivity index (χ1v) is 9.90. The third-order valence-electron chi connectivity index (χ3n) is 5.69. The third kappa shape index (κ3) is 3.48. The Bertz CT molecular complexity index is 949. The van der Waals surface area contributed by atoms with Crippen LogP contribution in [0.15, 0.2) is 30.5 Å². The van der Waals surface area contributed by atoms with Crippen molar-refractivity contribution >= 4 is 11.6 Å². The molecule has 0 bridgehead atoms. The van der Waals surface area contributed by atoms with Crippen LogP contribution in [0, 0.1) is 13.8 Å². The molecule has 1 N–H and O–H groups in total. The van der Waals surface area contributed by atoms with E-state index < -0.39 is 0 Å². The van der Waals surface area contributed by atoms with Crippen LogP contribution in [-0.4, -0.2) is 31.6 Å². The summed E-state index contributed by atoms with van der Waals surface area (Å²) < 4.78 is 4.33. The van der Waals surface area contributed by atoms with E-state index in [1.54, 1.807) is 0 Å². The minimum atomic E-state index is -0.000944. The number of pyridine rings is 1. The first-order chi connectivity index (χ1) is 13.1. The fourth-order valence-electron chi connectivity index (χ4n) is 4.35. The summed E-state index contributed by atoms with van der Waals surface area (Å²) in [5.41, 5.74) is 3.90. The quantitative estimate of drug-likeness (QED) is 0.751. The Labute approximate surface area is 159 Å². The molecule has 4 rings (SSSR count). The van der Waals surface area contributed by atoms with Crippen molar-refractivity contribution in [1.29, 1.82) is 0 Å². The van der Waals surface area contributed by atoms with Gasteiger partial charge in [0.2, 0.25) is 0 Å². The Morgan fingerprint density at radius 3 is 2.81 bits per heavy atom. The molecule has 0 aromatic carbocycles. The zero-order valence-corrected chi connectivity index (χ0v) is 16.1. The minimum Gasteiger partial charge on any atom is -0.352 e. The zero-order chi connectivity index (χ0) is 18.8. The topological polar surface area (TPSA) is 64.2 Å². The normalized spacial score (nSPS) is 15.3. The van der Waals surface area contributed by atoms with E-state index in [1.165, 1.54) is 37.8 Å². The Balaban J connectivity index is 1.42. The molecule has 1 amide bonds. The van der Waals surface area contributed by atoms with Crippen molar-refractivity contribution in [2.45, 2.75) is 58.4 Å². The predicted octanol–water partition coefficient (Wildman–Crippen LogP) is 3.63. The smallest absolute Gasteiger partial charge is 0.253 e. The van der Waals surface area contributed by atoms with E-state index in [0.717, 1.165) is 22.7 Å². The second-order valence-corrected chi connectivity index (χ2v) is 7.50. The van der Waals surface area contributed by atoms with Crippen LogP contribution in [0.4, 0.5) is 0 Å². The highest BCUT2D eigenvalue weighted by molar-refractivity contribution is 5.95. The molecule has 0 atom stereocenters. The van der Waals surface area contributed by atoms with Gasteiger partial charge in [0, 0.05) is 36.6 Å². The van der Waals surface area contributed by atoms with E-state index in [1.807, 2.05) is 34.9 Å². The Hall–Kier alpha value is -2.63. The molecule has 0 spiro atoms. The Morgan fingerprint density at radius 1 is 1.19 bits per heavy atom. The van der Waals surface area contributed by atoms with Gasteiger partial charge in [-0.1, -0.05) is 25.3 Å². The molecule has 1 saturated carbocycles. The molecule has 142 valence electrons. The number of aromatic nitrogens is 4. The second-order valence-electron chi connectivity index (χ2n) is 7.50. The van der Waals surface area contributed by atoms with Gasteiger partial charge >= 0.3 is 0 Å². The van der Waals surface area contributed by atoms with Crippen LogP contribution in [0.3, 0.4) is 0 Å². The highest BCUT2D eigenvalue weighted by atomic mass is 16.1. The number of hydrogen-bond acceptors (Lipinski definition) is 3. The summed E-state index contributed by atoms with van der Waals surface area (Å²) in [5, 5.41) is 11.4. The maximum absolute atomic E-state index is 12.7. The average Bonchev–Trinajstić information content (AvgIpc) is 3.23. The van der Waals surface area contributed by atoms with Gasteiger partial charge in [-0.25, -0.2) is 0 Å². The van der Waals surface area contributed by atoms with Crippen LogP contribution in [0.1, 0.15) is 65.7 Å².